The number of hydrogen-bond donors (Lipinski definition) is 10. The summed E-state index contributed by atoms with van der Waals surface area (Å²) in [5, 5.41) is 36.0. The molecular formula is C59H87ClN10O18S. The first-order chi connectivity index (χ1) is 42.0. The van der Waals surface area contributed by atoms with E-state index in [9.17, 15) is 63.0 Å². The molecule has 1 saturated carbocycles. The number of methoxy groups -OCH3 is 2. The number of rotatable bonds is 27. The summed E-state index contributed by atoms with van der Waals surface area (Å²) in [6, 6.07) is 1.25. The Kier molecular flexibility index (Phi) is 27.5. The zero-order chi connectivity index (χ0) is 65.9. The number of epoxide rings is 1. The van der Waals surface area contributed by atoms with Crippen LogP contribution < -0.4 is 53.0 Å². The number of anilines is 1. The van der Waals surface area contributed by atoms with Crippen molar-refractivity contribution < 1.29 is 86.6 Å². The summed E-state index contributed by atoms with van der Waals surface area (Å²) in [5.74, 6) is -7.04. The summed E-state index contributed by atoms with van der Waals surface area (Å²) in [6.07, 6.45) is 2.71. The number of thioether (sulfide) groups is 1. The predicted octanol–water partition coefficient (Wildman–Crippen LogP) is 0.851. The Labute approximate surface area is 526 Å². The van der Waals surface area contributed by atoms with Gasteiger partial charge in [0.15, 0.2) is 5.72 Å². The number of alkyl carbamates (subject to hydrolysis) is 1. The molecule has 0 radical (unpaired) electrons. The Bertz CT molecular complexity index is 2820. The van der Waals surface area contributed by atoms with Crippen LogP contribution in [-0.2, 0) is 73.3 Å². The largest absolute Gasteiger partial charge is 0.495 e. The van der Waals surface area contributed by atoms with Crippen molar-refractivity contribution in [1.29, 1.82) is 0 Å². The van der Waals surface area contributed by atoms with Crippen LogP contribution in [0.2, 0.25) is 5.02 Å². The molecule has 3 aliphatic heterocycles. The number of carboxylic acid groups (broad SMARTS) is 1. The van der Waals surface area contributed by atoms with E-state index in [1.807, 2.05) is 13.0 Å². The number of ether oxygens (including phenoxy) is 5. The fourth-order valence-corrected chi connectivity index (χ4v) is 12.3. The van der Waals surface area contributed by atoms with Crippen molar-refractivity contribution in [3.05, 3.63) is 46.5 Å². The maximum Gasteiger partial charge on any atom is 0.409 e. The molecule has 9 amide bonds. The van der Waals surface area contributed by atoms with E-state index in [0.717, 1.165) is 27.8 Å². The van der Waals surface area contributed by atoms with Gasteiger partial charge in [-0.05, 0) is 95.8 Å². The Hall–Kier alpha value is -7.05. The van der Waals surface area contributed by atoms with Crippen molar-refractivity contribution in [2.45, 2.75) is 158 Å². The van der Waals surface area contributed by atoms with Crippen molar-refractivity contribution in [2.24, 2.45) is 29.2 Å². The fraction of sp³-hybridized carbons (Fsp3) is 0.644. The van der Waals surface area contributed by atoms with Gasteiger partial charge in [0.25, 0.3) is 0 Å². The van der Waals surface area contributed by atoms with Crippen LogP contribution in [0, 0.1) is 17.8 Å². The number of aliphatic carboxylic acids is 1. The van der Waals surface area contributed by atoms with Crippen molar-refractivity contribution in [3.8, 4) is 5.75 Å². The summed E-state index contributed by atoms with van der Waals surface area (Å²) in [4.78, 5) is 144. The minimum absolute atomic E-state index is 0.0111. The number of nitrogens with one attached hydrogen (secondary N) is 6. The van der Waals surface area contributed by atoms with E-state index in [1.54, 1.807) is 38.1 Å². The standard InChI is InChI=1S/C59H87ClN10O18S/c1-32-12-11-14-43(85-8)59(83)27-41(86-57(82)68-59)33(2)52-58(4,88-52)44(26-49(75)70(6)39-23-36(22-32)24-40(84-7)51(39)60)87-56(81)34(3)69(5)48(74)19-21-89-42(25-50(76)77)55(80)66-29-35-15-17-37(18-16-35)54(79)63-20-10-9-13-38(53(62)78)67-47(73)31-65-46(72)30-64-45(71)28-61/h11-12,14,23-24,33-35,37-38,41-44,52,83H,9-10,13,15-22,25-31,61H2,1-8H3,(H2,62,78)(H,63,79)(H,64,71)(H,65,72)(H,66,80)(H,67,73)(H,68,82)(H,76,77)/b14-11+,32-12+/t33-,34+,35?,37?,38?,41?,42?,43-,44+,52+,58+,59+/m1/s1. The first-order valence-corrected chi connectivity index (χ1v) is 31.0. The average molecular weight is 1290 g/mol. The molecule has 3 unspecified atom stereocenters. The van der Waals surface area contributed by atoms with Gasteiger partial charge in [-0.2, -0.15) is 0 Å². The van der Waals surface area contributed by atoms with Gasteiger partial charge >= 0.3 is 18.0 Å². The summed E-state index contributed by atoms with van der Waals surface area (Å²) in [7, 11) is 5.75. The number of fused-ring (bicyclic) bond motifs is 5. The highest BCUT2D eigenvalue weighted by Gasteiger charge is 2.64. The monoisotopic (exact) mass is 1290 g/mol. The smallest absolute Gasteiger partial charge is 0.409 e. The lowest BCUT2D eigenvalue weighted by molar-refractivity contribution is -0.162. The quantitative estimate of drug-likeness (QED) is 0.0332. The third-order valence-electron chi connectivity index (χ3n) is 16.6. The SMILES string of the molecule is COc1cc2cc(c1Cl)N(C)C(=O)C[C@H](OC(=O)[C@H](C)N(C)C(=O)CCSC(CC(=O)O)C(=O)NCC1CCC(C(=O)NCCCCC(NC(=O)CNC(=O)CNC(=O)CN)C(N)=O)CC1)[C@]1(C)O[C@H]1[C@H](C)C1C[C@@](O)(NC(=O)O1)[C@H](OC)/C=C/C=C(\C)C2. The van der Waals surface area contributed by atoms with Crippen molar-refractivity contribution in [2.75, 3.05) is 71.7 Å². The van der Waals surface area contributed by atoms with Gasteiger partial charge in [0.05, 0.1) is 56.6 Å². The molecule has 3 heterocycles. The number of carbonyl (C=O) groups excluding carboxylic acids is 10. The number of allylic oxidation sites excluding steroid dienone is 3. The maximum atomic E-state index is 14.4. The molecule has 4 aliphatic rings. The number of likely N-dealkylation sites (N-methyl/N-ethyl adjacent to an activating group) is 1. The number of nitrogens with zero attached hydrogens (tertiary/aromatic N) is 2. The number of nitrogens with two attached hydrogens (primary N) is 2. The van der Waals surface area contributed by atoms with Gasteiger partial charge in [-0.1, -0.05) is 42.3 Å². The molecule has 1 aromatic carbocycles. The zero-order valence-corrected chi connectivity index (χ0v) is 53.2. The molecule has 10 atom stereocenters. The second kappa shape index (κ2) is 33.7. The summed E-state index contributed by atoms with van der Waals surface area (Å²) in [6.45, 7) is 6.14. The maximum absolute atomic E-state index is 14.4. The van der Waals surface area contributed by atoms with E-state index >= 15 is 0 Å². The van der Waals surface area contributed by atoms with Gasteiger partial charge in [-0.25, -0.2) is 9.59 Å². The van der Waals surface area contributed by atoms with Crippen molar-refractivity contribution in [1.82, 2.24) is 36.8 Å². The second-order valence-electron chi connectivity index (χ2n) is 23.1. The molecule has 1 aromatic rings. The summed E-state index contributed by atoms with van der Waals surface area (Å²) >= 11 is 7.80. The lowest BCUT2D eigenvalue weighted by Gasteiger charge is -2.42. The van der Waals surface area contributed by atoms with E-state index in [-0.39, 0.29) is 67.4 Å². The molecule has 4 bridgehead atoms. The predicted molar refractivity (Wildman–Crippen MR) is 326 cm³/mol. The Balaban J connectivity index is 1.12. The number of aliphatic hydroxyl groups is 1. The third kappa shape index (κ3) is 21.0. The van der Waals surface area contributed by atoms with E-state index < -0.39 is 138 Å². The van der Waals surface area contributed by atoms with Gasteiger partial charge in [-0.3, -0.25) is 48.5 Å². The number of esters is 1. The molecule has 0 spiro atoms. The highest BCUT2D eigenvalue weighted by molar-refractivity contribution is 8.00. The van der Waals surface area contributed by atoms with E-state index in [4.69, 9.17) is 46.8 Å². The third-order valence-corrected chi connectivity index (χ3v) is 18.2. The zero-order valence-electron chi connectivity index (χ0n) is 51.6. The minimum atomic E-state index is -1.92. The Morgan fingerprint density at radius 3 is 2.33 bits per heavy atom. The van der Waals surface area contributed by atoms with Gasteiger partial charge in [-0.15, -0.1) is 11.8 Å². The van der Waals surface area contributed by atoms with Gasteiger partial charge in [0, 0.05) is 64.7 Å². The number of benzene rings is 1. The molecule has 30 heteroatoms. The molecular weight excluding hydrogens is 1200 g/mol. The minimum Gasteiger partial charge on any atom is -0.495 e. The highest BCUT2D eigenvalue weighted by atomic mass is 35.5. The number of hydrogen-bond acceptors (Lipinski definition) is 19. The van der Waals surface area contributed by atoms with Crippen LogP contribution in [0.4, 0.5) is 10.5 Å². The van der Waals surface area contributed by atoms with Crippen LogP contribution in [-0.4, -0.2) is 200 Å². The van der Waals surface area contributed by atoms with Crippen LogP contribution in [0.3, 0.4) is 0 Å². The van der Waals surface area contributed by atoms with Crippen LogP contribution in [0.1, 0.15) is 104 Å². The van der Waals surface area contributed by atoms with Crippen LogP contribution in [0.15, 0.2) is 35.9 Å². The van der Waals surface area contributed by atoms with E-state index in [1.165, 1.54) is 40.1 Å². The molecule has 89 heavy (non-hydrogen) atoms. The number of carboxylic acids is 1. The summed E-state index contributed by atoms with van der Waals surface area (Å²) < 4.78 is 29.4. The average Bonchev–Trinajstić information content (AvgIpc) is 1.72. The Morgan fingerprint density at radius 1 is 0.989 bits per heavy atom. The van der Waals surface area contributed by atoms with Crippen LogP contribution >= 0.6 is 23.4 Å². The normalized spacial score (nSPS) is 26.3. The second-order valence-corrected chi connectivity index (χ2v) is 24.8. The van der Waals surface area contributed by atoms with E-state index in [0.29, 0.717) is 62.9 Å². The molecule has 0 aromatic heterocycles. The van der Waals surface area contributed by atoms with Crippen molar-refractivity contribution >= 4 is 94.3 Å². The first-order valence-electron chi connectivity index (χ1n) is 29.6. The lowest BCUT2D eigenvalue weighted by atomic mass is 9.81. The molecule has 1 aliphatic carbocycles. The highest BCUT2D eigenvalue weighted by Crippen LogP contribution is 2.49. The fourth-order valence-electron chi connectivity index (χ4n) is 10.9. The van der Waals surface area contributed by atoms with Gasteiger partial charge in [0.2, 0.25) is 47.3 Å². The lowest BCUT2D eigenvalue weighted by Crippen LogP contribution is -2.63. The summed E-state index contributed by atoms with van der Waals surface area (Å²) in [5.41, 5.74) is 9.28. The topological polar surface area (TPSA) is 408 Å². The molecule has 12 N–H and O–H groups in total. The number of primary amides is 1. The molecule has 2 saturated heterocycles. The number of halogens is 1. The van der Waals surface area contributed by atoms with Crippen LogP contribution in [0.25, 0.3) is 0 Å². The van der Waals surface area contributed by atoms with Crippen molar-refractivity contribution in [3.63, 3.8) is 0 Å². The number of amides is 9. The molecule has 28 nitrogen and oxygen atoms in total. The Morgan fingerprint density at radius 2 is 1.67 bits per heavy atom. The molecule has 494 valence electrons. The first kappa shape index (κ1) is 72.7. The molecule has 3 fully saturated rings. The van der Waals surface area contributed by atoms with Gasteiger partial charge in [0.1, 0.15) is 46.8 Å². The number of carbonyl (C=O) groups is 11. The van der Waals surface area contributed by atoms with Gasteiger partial charge < -0.3 is 81.7 Å². The van der Waals surface area contributed by atoms with Crippen LogP contribution in [0.5, 0.6) is 5.75 Å². The number of unbranched alkanes of at least 4 members (excludes halogenated alkanes) is 1. The van der Waals surface area contributed by atoms with E-state index in [2.05, 4.69) is 31.9 Å². The molecule has 5 rings (SSSR count).